The molecule has 2 unspecified atom stereocenters. The van der Waals surface area contributed by atoms with E-state index < -0.39 is 0 Å². The summed E-state index contributed by atoms with van der Waals surface area (Å²) < 4.78 is 5.36. The molecule has 0 spiro atoms. The van der Waals surface area contributed by atoms with Gasteiger partial charge in [-0.3, -0.25) is 0 Å². The normalized spacial score (nSPS) is 14.8. The molecule has 0 aliphatic rings. The van der Waals surface area contributed by atoms with Crippen LogP contribution in [0, 0.1) is 5.92 Å². The van der Waals surface area contributed by atoms with Crippen LogP contribution in [0.15, 0.2) is 29.0 Å². The van der Waals surface area contributed by atoms with Crippen molar-refractivity contribution in [3.05, 3.63) is 24.6 Å². The van der Waals surface area contributed by atoms with Crippen molar-refractivity contribution in [3.8, 4) is 0 Å². The summed E-state index contributed by atoms with van der Waals surface area (Å²) in [6, 6.07) is 4.28. The number of fused-ring (bicyclic) bond motifs is 1. The van der Waals surface area contributed by atoms with Crippen LogP contribution in [-0.4, -0.2) is 11.0 Å². The fourth-order valence-electron chi connectivity index (χ4n) is 2.07. The van der Waals surface area contributed by atoms with Crippen LogP contribution >= 0.6 is 0 Å². The topological polar surface area (TPSA) is 38.1 Å². The summed E-state index contributed by atoms with van der Waals surface area (Å²) in [5.41, 5.74) is 0.887. The van der Waals surface area contributed by atoms with Crippen LogP contribution in [0.1, 0.15) is 33.6 Å². The van der Waals surface area contributed by atoms with Gasteiger partial charge in [0.25, 0.3) is 0 Å². The zero-order valence-corrected chi connectivity index (χ0v) is 10.7. The lowest BCUT2D eigenvalue weighted by molar-refractivity contribution is 0.483. The molecule has 3 heteroatoms. The van der Waals surface area contributed by atoms with Gasteiger partial charge in [0.1, 0.15) is 11.4 Å². The first-order valence-electron chi connectivity index (χ1n) is 6.29. The molecule has 0 aliphatic heterocycles. The fraction of sp³-hybridized carbons (Fsp3) is 0.500. The maximum absolute atomic E-state index is 5.36. The van der Waals surface area contributed by atoms with Gasteiger partial charge in [0.15, 0.2) is 0 Å². The Balaban J connectivity index is 2.10. The summed E-state index contributed by atoms with van der Waals surface area (Å²) in [6.45, 7) is 6.71. The van der Waals surface area contributed by atoms with Crippen molar-refractivity contribution in [2.45, 2.75) is 39.7 Å². The monoisotopic (exact) mass is 232 g/mol. The lowest BCUT2D eigenvalue weighted by Gasteiger charge is -2.18. The fourth-order valence-corrected chi connectivity index (χ4v) is 2.07. The second-order valence-corrected chi connectivity index (χ2v) is 4.79. The van der Waals surface area contributed by atoms with E-state index in [0.717, 1.165) is 29.1 Å². The van der Waals surface area contributed by atoms with Crippen molar-refractivity contribution in [1.82, 2.24) is 4.98 Å². The maximum Gasteiger partial charge on any atom is 0.139 e. The molecule has 0 aromatic carbocycles. The number of hydrogen-bond donors (Lipinski definition) is 1. The van der Waals surface area contributed by atoms with Gasteiger partial charge < -0.3 is 9.73 Å². The smallest absolute Gasteiger partial charge is 0.139 e. The van der Waals surface area contributed by atoms with Crippen molar-refractivity contribution < 1.29 is 4.42 Å². The number of hydrogen-bond acceptors (Lipinski definition) is 3. The molecule has 3 nitrogen and oxygen atoms in total. The third-order valence-corrected chi connectivity index (χ3v) is 3.22. The van der Waals surface area contributed by atoms with Crippen LogP contribution < -0.4 is 5.32 Å². The molecule has 1 N–H and O–H groups in total. The Labute approximate surface area is 102 Å². The molecule has 92 valence electrons. The molecule has 0 saturated carbocycles. The number of pyridine rings is 1. The first-order chi connectivity index (χ1) is 8.20. The van der Waals surface area contributed by atoms with Gasteiger partial charge in [-0.25, -0.2) is 4.98 Å². The number of aromatic nitrogens is 1. The van der Waals surface area contributed by atoms with Crippen molar-refractivity contribution in [1.29, 1.82) is 0 Å². The van der Waals surface area contributed by atoms with E-state index in [1.165, 1.54) is 6.42 Å². The van der Waals surface area contributed by atoms with Crippen LogP contribution in [0.3, 0.4) is 0 Å². The van der Waals surface area contributed by atoms with E-state index >= 15 is 0 Å². The first kappa shape index (κ1) is 12.0. The molecule has 0 aliphatic carbocycles. The predicted molar refractivity (Wildman–Crippen MR) is 71.2 cm³/mol. The van der Waals surface area contributed by atoms with Crippen LogP contribution in [0.25, 0.3) is 11.0 Å². The molecule has 17 heavy (non-hydrogen) atoms. The highest BCUT2D eigenvalue weighted by atomic mass is 16.3. The summed E-state index contributed by atoms with van der Waals surface area (Å²) in [5.74, 6) is 1.66. The van der Waals surface area contributed by atoms with E-state index in [9.17, 15) is 0 Å². The van der Waals surface area contributed by atoms with Gasteiger partial charge in [-0.05, 0) is 31.4 Å². The van der Waals surface area contributed by atoms with Gasteiger partial charge in [-0.15, -0.1) is 0 Å². The molecule has 0 saturated heterocycles. The molecular weight excluding hydrogens is 212 g/mol. The van der Waals surface area contributed by atoms with Crippen molar-refractivity contribution in [2.24, 2.45) is 5.92 Å². The minimum atomic E-state index is 0.429. The standard InChI is InChI=1S/C14H20N2O/c1-4-10(2)9-11(3)16-14-12-6-8-17-13(12)5-7-15-14/h5-8,10-11H,4,9H2,1-3H3,(H,15,16). The molecule has 2 atom stereocenters. The van der Waals surface area contributed by atoms with Crippen LogP contribution in [-0.2, 0) is 0 Å². The average Bonchev–Trinajstić information content (AvgIpc) is 2.78. The lowest BCUT2D eigenvalue weighted by atomic mass is 10.0. The van der Waals surface area contributed by atoms with E-state index in [1.54, 1.807) is 12.5 Å². The van der Waals surface area contributed by atoms with Crippen molar-refractivity contribution >= 4 is 16.8 Å². The van der Waals surface area contributed by atoms with Gasteiger partial charge >= 0.3 is 0 Å². The largest absolute Gasteiger partial charge is 0.464 e. The van der Waals surface area contributed by atoms with Crippen LogP contribution in [0.2, 0.25) is 0 Å². The third-order valence-electron chi connectivity index (χ3n) is 3.22. The van der Waals surface area contributed by atoms with Gasteiger partial charge in [0, 0.05) is 12.2 Å². The quantitative estimate of drug-likeness (QED) is 0.844. The Morgan fingerprint density at radius 3 is 2.94 bits per heavy atom. The molecule has 2 heterocycles. The SMILES string of the molecule is CCC(C)CC(C)Nc1nccc2occc12. The van der Waals surface area contributed by atoms with Gasteiger partial charge in [0.2, 0.25) is 0 Å². The first-order valence-corrected chi connectivity index (χ1v) is 6.29. The number of nitrogens with one attached hydrogen (secondary N) is 1. The molecule has 0 radical (unpaired) electrons. The lowest BCUT2D eigenvalue weighted by Crippen LogP contribution is -2.19. The molecule has 2 aromatic heterocycles. The summed E-state index contributed by atoms with van der Waals surface area (Å²) in [6.07, 6.45) is 5.86. The summed E-state index contributed by atoms with van der Waals surface area (Å²) >= 11 is 0. The number of rotatable bonds is 5. The summed E-state index contributed by atoms with van der Waals surface area (Å²) in [4.78, 5) is 4.38. The minimum absolute atomic E-state index is 0.429. The van der Waals surface area contributed by atoms with Crippen LogP contribution in [0.5, 0.6) is 0 Å². The van der Waals surface area contributed by atoms with Crippen molar-refractivity contribution in [2.75, 3.05) is 5.32 Å². The van der Waals surface area contributed by atoms with Gasteiger partial charge in [-0.1, -0.05) is 20.3 Å². The Morgan fingerprint density at radius 2 is 2.18 bits per heavy atom. The highest BCUT2D eigenvalue weighted by Gasteiger charge is 2.10. The second-order valence-electron chi connectivity index (χ2n) is 4.79. The Hall–Kier alpha value is -1.51. The molecular formula is C14H20N2O. The van der Waals surface area contributed by atoms with Gasteiger partial charge in [-0.2, -0.15) is 0 Å². The van der Waals surface area contributed by atoms with E-state index in [1.807, 2.05) is 12.1 Å². The minimum Gasteiger partial charge on any atom is -0.464 e. The van der Waals surface area contributed by atoms with E-state index in [4.69, 9.17) is 4.42 Å². The predicted octanol–water partition coefficient (Wildman–Crippen LogP) is 4.06. The zero-order chi connectivity index (χ0) is 12.3. The average molecular weight is 232 g/mol. The van der Waals surface area contributed by atoms with E-state index in [0.29, 0.717) is 6.04 Å². The Kier molecular flexibility index (Phi) is 3.67. The van der Waals surface area contributed by atoms with Crippen molar-refractivity contribution in [3.63, 3.8) is 0 Å². The highest BCUT2D eigenvalue weighted by Crippen LogP contribution is 2.23. The molecule has 0 fully saturated rings. The summed E-state index contributed by atoms with van der Waals surface area (Å²) in [7, 11) is 0. The van der Waals surface area contributed by atoms with E-state index in [-0.39, 0.29) is 0 Å². The summed E-state index contributed by atoms with van der Waals surface area (Å²) in [5, 5.41) is 4.52. The Morgan fingerprint density at radius 1 is 1.35 bits per heavy atom. The number of furan rings is 1. The molecule has 2 rings (SSSR count). The molecule has 0 bridgehead atoms. The van der Waals surface area contributed by atoms with Crippen LogP contribution in [0.4, 0.5) is 5.82 Å². The molecule has 2 aromatic rings. The maximum atomic E-state index is 5.36. The zero-order valence-electron chi connectivity index (χ0n) is 10.7. The second kappa shape index (κ2) is 5.21. The van der Waals surface area contributed by atoms with E-state index in [2.05, 4.69) is 31.1 Å². The van der Waals surface area contributed by atoms with Gasteiger partial charge in [0.05, 0.1) is 11.6 Å². The highest BCUT2D eigenvalue weighted by molar-refractivity contribution is 5.87. The molecule has 0 amide bonds. The Bertz CT molecular complexity index is 478. The number of nitrogens with zero attached hydrogens (tertiary/aromatic N) is 1. The number of anilines is 1. The third kappa shape index (κ3) is 2.78.